The maximum Gasteiger partial charge on any atom is 0.196 e. The number of carbonyl (C=O) groups is 1. The summed E-state index contributed by atoms with van der Waals surface area (Å²) in [5, 5.41) is 0. The Balaban J connectivity index is 2.53. The van der Waals surface area contributed by atoms with Gasteiger partial charge in [-0.3, -0.25) is 4.79 Å². The molecule has 0 radical (unpaired) electrons. The highest BCUT2D eigenvalue weighted by atomic mass is 127. The third-order valence-electron chi connectivity index (χ3n) is 2.75. The van der Waals surface area contributed by atoms with Crippen LogP contribution in [-0.2, 0) is 0 Å². The topological polar surface area (TPSA) is 17.1 Å². The summed E-state index contributed by atoms with van der Waals surface area (Å²) < 4.78 is 14.9. The summed E-state index contributed by atoms with van der Waals surface area (Å²) in [6.45, 7) is 3.58. The Labute approximate surface area is 119 Å². The molecule has 0 bridgehead atoms. The minimum Gasteiger partial charge on any atom is -0.288 e. The van der Waals surface area contributed by atoms with E-state index in [1.165, 1.54) is 6.07 Å². The molecule has 0 unspecified atom stereocenters. The van der Waals surface area contributed by atoms with Gasteiger partial charge in [0.1, 0.15) is 5.82 Å². The number of hydrogen-bond donors (Lipinski definition) is 0. The third kappa shape index (κ3) is 2.61. The van der Waals surface area contributed by atoms with E-state index in [-0.39, 0.29) is 11.3 Å². The van der Waals surface area contributed by atoms with E-state index < -0.39 is 5.82 Å². The Kier molecular flexibility index (Phi) is 3.80. The van der Waals surface area contributed by atoms with Crippen molar-refractivity contribution in [3.05, 3.63) is 68.0 Å². The van der Waals surface area contributed by atoms with Crippen molar-refractivity contribution in [2.75, 3.05) is 0 Å². The Morgan fingerprint density at radius 2 is 1.89 bits per heavy atom. The highest BCUT2D eigenvalue weighted by Crippen LogP contribution is 2.20. The number of hydrogen-bond acceptors (Lipinski definition) is 1. The van der Waals surface area contributed by atoms with Crippen molar-refractivity contribution in [2.45, 2.75) is 13.8 Å². The first-order valence-corrected chi connectivity index (χ1v) is 6.64. The van der Waals surface area contributed by atoms with Crippen molar-refractivity contribution in [3.8, 4) is 0 Å². The molecule has 0 heterocycles. The molecule has 92 valence electrons. The van der Waals surface area contributed by atoms with Crippen LogP contribution in [0.25, 0.3) is 0 Å². The maximum absolute atomic E-state index is 13.9. The largest absolute Gasteiger partial charge is 0.288 e. The van der Waals surface area contributed by atoms with Crippen molar-refractivity contribution in [1.29, 1.82) is 0 Å². The molecule has 18 heavy (non-hydrogen) atoms. The highest BCUT2D eigenvalue weighted by molar-refractivity contribution is 14.1. The van der Waals surface area contributed by atoms with Crippen LogP contribution in [0.5, 0.6) is 0 Å². The fraction of sp³-hybridized carbons (Fsp3) is 0.133. The van der Waals surface area contributed by atoms with E-state index in [0.717, 1.165) is 9.13 Å². The minimum absolute atomic E-state index is 0.169. The summed E-state index contributed by atoms with van der Waals surface area (Å²) in [4.78, 5) is 12.3. The van der Waals surface area contributed by atoms with Crippen molar-refractivity contribution in [3.63, 3.8) is 0 Å². The van der Waals surface area contributed by atoms with Gasteiger partial charge in [0.25, 0.3) is 0 Å². The van der Waals surface area contributed by atoms with E-state index in [2.05, 4.69) is 22.6 Å². The zero-order valence-corrected chi connectivity index (χ0v) is 12.3. The van der Waals surface area contributed by atoms with Crippen LogP contribution in [0.4, 0.5) is 4.39 Å². The maximum atomic E-state index is 13.9. The Morgan fingerprint density at radius 3 is 2.50 bits per heavy atom. The van der Waals surface area contributed by atoms with Gasteiger partial charge in [-0.05, 0) is 65.8 Å². The SMILES string of the molecule is Cc1cc(C)c(C(=O)c2cccc(I)c2)c(F)c1. The fourth-order valence-electron chi connectivity index (χ4n) is 1.98. The van der Waals surface area contributed by atoms with Gasteiger partial charge in [-0.2, -0.15) is 0 Å². The van der Waals surface area contributed by atoms with Gasteiger partial charge in [-0.15, -0.1) is 0 Å². The molecule has 0 N–H and O–H groups in total. The smallest absolute Gasteiger partial charge is 0.196 e. The Bertz CT molecular complexity index is 597. The van der Waals surface area contributed by atoms with Crippen LogP contribution < -0.4 is 0 Å². The average Bonchev–Trinajstić information content (AvgIpc) is 2.27. The van der Waals surface area contributed by atoms with Crippen LogP contribution in [0.2, 0.25) is 0 Å². The van der Waals surface area contributed by atoms with Crippen molar-refractivity contribution >= 4 is 28.4 Å². The summed E-state index contributed by atoms with van der Waals surface area (Å²) >= 11 is 2.13. The first-order chi connectivity index (χ1) is 8.49. The van der Waals surface area contributed by atoms with Gasteiger partial charge in [-0.25, -0.2) is 4.39 Å². The van der Waals surface area contributed by atoms with Crippen molar-refractivity contribution in [1.82, 2.24) is 0 Å². The molecule has 0 amide bonds. The molecule has 0 saturated heterocycles. The van der Waals surface area contributed by atoms with E-state index in [1.807, 2.05) is 19.1 Å². The van der Waals surface area contributed by atoms with E-state index in [9.17, 15) is 9.18 Å². The lowest BCUT2D eigenvalue weighted by atomic mass is 9.97. The summed E-state index contributed by atoms with van der Waals surface area (Å²) in [7, 11) is 0. The number of carbonyl (C=O) groups excluding carboxylic acids is 1. The first-order valence-electron chi connectivity index (χ1n) is 5.56. The molecule has 0 fully saturated rings. The second kappa shape index (κ2) is 5.18. The van der Waals surface area contributed by atoms with E-state index >= 15 is 0 Å². The Morgan fingerprint density at radius 1 is 1.17 bits per heavy atom. The van der Waals surface area contributed by atoms with Gasteiger partial charge in [0.2, 0.25) is 0 Å². The van der Waals surface area contributed by atoms with Gasteiger partial charge in [0.15, 0.2) is 5.78 Å². The molecule has 3 heteroatoms. The summed E-state index contributed by atoms with van der Waals surface area (Å²) in [5.41, 5.74) is 2.19. The van der Waals surface area contributed by atoms with Crippen LogP contribution in [0.3, 0.4) is 0 Å². The molecule has 0 aliphatic heterocycles. The quantitative estimate of drug-likeness (QED) is 0.581. The van der Waals surface area contributed by atoms with Crippen molar-refractivity contribution < 1.29 is 9.18 Å². The second-order valence-corrected chi connectivity index (χ2v) is 5.52. The molecule has 0 atom stereocenters. The number of aryl methyl sites for hydroxylation is 2. The lowest BCUT2D eigenvalue weighted by Gasteiger charge is -2.08. The number of benzene rings is 2. The van der Waals surface area contributed by atoms with Crippen LogP contribution in [-0.4, -0.2) is 5.78 Å². The summed E-state index contributed by atoms with van der Waals surface area (Å²) in [6.07, 6.45) is 0. The molecule has 0 aliphatic carbocycles. The summed E-state index contributed by atoms with van der Waals surface area (Å²) in [5.74, 6) is -0.708. The molecular weight excluding hydrogens is 342 g/mol. The normalized spacial score (nSPS) is 10.4. The number of rotatable bonds is 2. The van der Waals surface area contributed by atoms with Crippen LogP contribution in [0, 0.1) is 23.2 Å². The zero-order valence-electron chi connectivity index (χ0n) is 10.1. The number of ketones is 1. The van der Waals surface area contributed by atoms with E-state index in [1.54, 1.807) is 25.1 Å². The van der Waals surface area contributed by atoms with Crippen LogP contribution in [0.15, 0.2) is 36.4 Å². The zero-order chi connectivity index (χ0) is 13.3. The standard InChI is InChI=1S/C15H12FIO/c1-9-6-10(2)14(13(16)7-9)15(18)11-4-3-5-12(17)8-11/h3-8H,1-2H3. The lowest BCUT2D eigenvalue weighted by molar-refractivity contribution is 0.103. The minimum atomic E-state index is -0.448. The predicted molar refractivity (Wildman–Crippen MR) is 78.5 cm³/mol. The molecule has 0 aromatic heterocycles. The van der Waals surface area contributed by atoms with E-state index in [4.69, 9.17) is 0 Å². The fourth-order valence-corrected chi connectivity index (χ4v) is 2.52. The predicted octanol–water partition coefficient (Wildman–Crippen LogP) is 4.28. The summed E-state index contributed by atoms with van der Waals surface area (Å²) in [6, 6.07) is 10.4. The second-order valence-electron chi connectivity index (χ2n) is 4.28. The van der Waals surface area contributed by atoms with Gasteiger partial charge >= 0.3 is 0 Å². The first kappa shape index (κ1) is 13.2. The molecule has 0 spiro atoms. The Hall–Kier alpha value is -1.23. The number of halogens is 2. The van der Waals surface area contributed by atoms with Crippen molar-refractivity contribution in [2.24, 2.45) is 0 Å². The monoisotopic (exact) mass is 354 g/mol. The molecule has 2 aromatic carbocycles. The average molecular weight is 354 g/mol. The molecule has 0 saturated carbocycles. The molecule has 1 nitrogen and oxygen atoms in total. The van der Waals surface area contributed by atoms with Gasteiger partial charge in [-0.1, -0.05) is 18.2 Å². The van der Waals surface area contributed by atoms with Crippen LogP contribution >= 0.6 is 22.6 Å². The molecular formula is C15H12FIO. The lowest BCUT2D eigenvalue weighted by Crippen LogP contribution is -2.07. The highest BCUT2D eigenvalue weighted by Gasteiger charge is 2.17. The van der Waals surface area contributed by atoms with Gasteiger partial charge < -0.3 is 0 Å². The molecule has 0 aliphatic rings. The third-order valence-corrected chi connectivity index (χ3v) is 3.42. The van der Waals surface area contributed by atoms with Crippen LogP contribution in [0.1, 0.15) is 27.0 Å². The van der Waals surface area contributed by atoms with Gasteiger partial charge in [0.05, 0.1) is 5.56 Å². The van der Waals surface area contributed by atoms with Gasteiger partial charge in [0, 0.05) is 9.13 Å². The molecule has 2 rings (SSSR count). The van der Waals surface area contributed by atoms with E-state index in [0.29, 0.717) is 11.1 Å². The molecule has 2 aromatic rings.